The molecule has 0 heterocycles. The summed E-state index contributed by atoms with van der Waals surface area (Å²) in [6, 6.07) is 0.755. The average molecular weight is 255 g/mol. The number of nitrogens with one attached hydrogen (secondary N) is 2. The van der Waals surface area contributed by atoms with Crippen LogP contribution in [0.2, 0.25) is 0 Å². The zero-order chi connectivity index (χ0) is 13.4. The van der Waals surface area contributed by atoms with Gasteiger partial charge >= 0.3 is 0 Å². The summed E-state index contributed by atoms with van der Waals surface area (Å²) in [6.07, 6.45) is 7.47. The van der Waals surface area contributed by atoms with Gasteiger partial charge in [-0.05, 0) is 33.9 Å². The van der Waals surface area contributed by atoms with Gasteiger partial charge in [0, 0.05) is 18.6 Å². The van der Waals surface area contributed by atoms with E-state index in [1.54, 1.807) is 0 Å². The number of carbonyl (C=O) groups excluding carboxylic acids is 1. The molecule has 0 spiro atoms. The third-order valence-corrected chi connectivity index (χ3v) is 3.47. The van der Waals surface area contributed by atoms with E-state index in [-0.39, 0.29) is 5.91 Å². The van der Waals surface area contributed by atoms with E-state index in [4.69, 9.17) is 0 Å². The van der Waals surface area contributed by atoms with Gasteiger partial charge in [0.05, 0.1) is 6.54 Å². The molecule has 0 aromatic heterocycles. The van der Waals surface area contributed by atoms with Crippen LogP contribution < -0.4 is 10.6 Å². The second-order valence-corrected chi connectivity index (χ2v) is 5.80. The van der Waals surface area contributed by atoms with Crippen molar-refractivity contribution in [2.75, 3.05) is 27.2 Å². The van der Waals surface area contributed by atoms with Crippen LogP contribution in [0.5, 0.6) is 0 Å². The van der Waals surface area contributed by atoms with Gasteiger partial charge in [-0.2, -0.15) is 0 Å². The lowest BCUT2D eigenvalue weighted by atomic mass is 10.1. The first-order chi connectivity index (χ1) is 8.58. The minimum atomic E-state index is 0.146. The number of likely N-dealkylation sites (N-methyl/N-ethyl adjacent to an activating group) is 1. The standard InChI is InChI=1S/C14H29N3O/c1-12(11-17(2)3)15-10-14(18)16-13-8-6-4-5-7-9-13/h12-13,15H,4-11H2,1-3H3,(H,16,18). The number of nitrogens with zero attached hydrogens (tertiary/aromatic N) is 1. The summed E-state index contributed by atoms with van der Waals surface area (Å²) in [5.41, 5.74) is 0. The molecular weight excluding hydrogens is 226 g/mol. The summed E-state index contributed by atoms with van der Waals surface area (Å²) in [7, 11) is 4.09. The fraction of sp³-hybridized carbons (Fsp3) is 0.929. The fourth-order valence-corrected chi connectivity index (χ4v) is 2.58. The van der Waals surface area contributed by atoms with Gasteiger partial charge in [-0.1, -0.05) is 25.7 Å². The van der Waals surface area contributed by atoms with E-state index in [1.807, 2.05) is 14.1 Å². The zero-order valence-corrected chi connectivity index (χ0v) is 12.2. The van der Waals surface area contributed by atoms with Crippen LogP contribution in [-0.2, 0) is 4.79 Å². The first-order valence-electron chi connectivity index (χ1n) is 7.25. The molecule has 0 aliphatic heterocycles. The molecule has 0 saturated heterocycles. The maximum Gasteiger partial charge on any atom is 0.234 e. The predicted molar refractivity (Wildman–Crippen MR) is 75.7 cm³/mol. The Morgan fingerprint density at radius 3 is 2.39 bits per heavy atom. The van der Waals surface area contributed by atoms with Crippen LogP contribution in [0.1, 0.15) is 45.4 Å². The summed E-state index contributed by atoms with van der Waals surface area (Å²) in [5.74, 6) is 0.146. The molecule has 1 amide bonds. The molecule has 1 atom stereocenters. The highest BCUT2D eigenvalue weighted by Gasteiger charge is 2.14. The molecule has 106 valence electrons. The van der Waals surface area contributed by atoms with Gasteiger partial charge < -0.3 is 15.5 Å². The van der Waals surface area contributed by atoms with Crippen LogP contribution in [0.25, 0.3) is 0 Å². The second-order valence-electron chi connectivity index (χ2n) is 5.80. The van der Waals surface area contributed by atoms with Crippen LogP contribution in [-0.4, -0.2) is 50.1 Å². The molecule has 1 rings (SSSR count). The van der Waals surface area contributed by atoms with Crippen molar-refractivity contribution >= 4 is 5.91 Å². The van der Waals surface area contributed by atoms with Crippen molar-refractivity contribution < 1.29 is 4.79 Å². The van der Waals surface area contributed by atoms with Gasteiger partial charge in [-0.3, -0.25) is 4.79 Å². The number of carbonyl (C=O) groups is 1. The molecule has 2 N–H and O–H groups in total. The zero-order valence-electron chi connectivity index (χ0n) is 12.2. The molecule has 1 saturated carbocycles. The molecule has 1 fully saturated rings. The van der Waals surface area contributed by atoms with E-state index in [2.05, 4.69) is 22.5 Å². The number of rotatable bonds is 6. The SMILES string of the molecule is CC(CN(C)C)NCC(=O)NC1CCCCCC1. The molecular formula is C14H29N3O. The van der Waals surface area contributed by atoms with E-state index in [1.165, 1.54) is 25.7 Å². The molecule has 18 heavy (non-hydrogen) atoms. The van der Waals surface area contributed by atoms with Gasteiger partial charge in [-0.15, -0.1) is 0 Å². The Morgan fingerprint density at radius 1 is 1.22 bits per heavy atom. The lowest BCUT2D eigenvalue weighted by Gasteiger charge is -2.20. The monoisotopic (exact) mass is 255 g/mol. The highest BCUT2D eigenvalue weighted by Crippen LogP contribution is 2.16. The van der Waals surface area contributed by atoms with Gasteiger partial charge in [0.15, 0.2) is 0 Å². The highest BCUT2D eigenvalue weighted by molar-refractivity contribution is 5.78. The highest BCUT2D eigenvalue weighted by atomic mass is 16.1. The first kappa shape index (κ1) is 15.4. The van der Waals surface area contributed by atoms with Crippen molar-refractivity contribution in [1.82, 2.24) is 15.5 Å². The Balaban J connectivity index is 2.16. The van der Waals surface area contributed by atoms with Crippen molar-refractivity contribution in [3.8, 4) is 0 Å². The molecule has 4 heteroatoms. The normalized spacial score (nSPS) is 19.6. The molecule has 1 unspecified atom stereocenters. The smallest absolute Gasteiger partial charge is 0.234 e. The summed E-state index contributed by atoms with van der Waals surface area (Å²) in [4.78, 5) is 14.0. The van der Waals surface area contributed by atoms with Gasteiger partial charge in [0.25, 0.3) is 0 Å². The second kappa shape index (κ2) is 8.48. The van der Waals surface area contributed by atoms with E-state index in [0.717, 1.165) is 19.4 Å². The number of hydrogen-bond donors (Lipinski definition) is 2. The summed E-state index contributed by atoms with van der Waals surface area (Å²) in [5, 5.41) is 6.42. The predicted octanol–water partition coefficient (Wildman–Crippen LogP) is 1.37. The Morgan fingerprint density at radius 2 is 1.83 bits per heavy atom. The minimum Gasteiger partial charge on any atom is -0.352 e. The van der Waals surface area contributed by atoms with Crippen LogP contribution in [0, 0.1) is 0 Å². The Bertz CT molecular complexity index is 235. The lowest BCUT2D eigenvalue weighted by molar-refractivity contribution is -0.121. The van der Waals surface area contributed by atoms with Crippen LogP contribution in [0.15, 0.2) is 0 Å². The summed E-state index contributed by atoms with van der Waals surface area (Å²) >= 11 is 0. The molecule has 0 radical (unpaired) electrons. The average Bonchev–Trinajstić information content (AvgIpc) is 2.54. The molecule has 1 aliphatic rings. The van der Waals surface area contributed by atoms with Crippen molar-refractivity contribution in [3.63, 3.8) is 0 Å². The number of hydrogen-bond acceptors (Lipinski definition) is 3. The van der Waals surface area contributed by atoms with Gasteiger partial charge in [0.2, 0.25) is 5.91 Å². The van der Waals surface area contributed by atoms with E-state index in [0.29, 0.717) is 18.6 Å². The lowest BCUT2D eigenvalue weighted by Crippen LogP contribution is -2.44. The summed E-state index contributed by atoms with van der Waals surface area (Å²) < 4.78 is 0. The van der Waals surface area contributed by atoms with Gasteiger partial charge in [0.1, 0.15) is 0 Å². The molecule has 1 aliphatic carbocycles. The Labute approximate surface area is 111 Å². The maximum absolute atomic E-state index is 11.8. The fourth-order valence-electron chi connectivity index (χ4n) is 2.58. The van der Waals surface area contributed by atoms with Crippen molar-refractivity contribution in [2.45, 2.75) is 57.5 Å². The first-order valence-corrected chi connectivity index (χ1v) is 7.25. The van der Waals surface area contributed by atoms with Crippen LogP contribution >= 0.6 is 0 Å². The molecule has 4 nitrogen and oxygen atoms in total. The van der Waals surface area contributed by atoms with Crippen molar-refractivity contribution in [1.29, 1.82) is 0 Å². The largest absolute Gasteiger partial charge is 0.352 e. The molecule has 0 aromatic rings. The van der Waals surface area contributed by atoms with Crippen LogP contribution in [0.4, 0.5) is 0 Å². The Kier molecular flexibility index (Phi) is 7.28. The third kappa shape index (κ3) is 6.97. The minimum absolute atomic E-state index is 0.146. The number of amides is 1. The molecule has 0 aromatic carbocycles. The van der Waals surface area contributed by atoms with E-state index >= 15 is 0 Å². The van der Waals surface area contributed by atoms with E-state index in [9.17, 15) is 4.79 Å². The van der Waals surface area contributed by atoms with Crippen molar-refractivity contribution in [2.24, 2.45) is 0 Å². The third-order valence-electron chi connectivity index (χ3n) is 3.47. The Hall–Kier alpha value is -0.610. The quantitative estimate of drug-likeness (QED) is 0.705. The van der Waals surface area contributed by atoms with Gasteiger partial charge in [-0.25, -0.2) is 0 Å². The summed E-state index contributed by atoms with van der Waals surface area (Å²) in [6.45, 7) is 3.50. The van der Waals surface area contributed by atoms with E-state index < -0.39 is 0 Å². The van der Waals surface area contributed by atoms with Crippen LogP contribution in [0.3, 0.4) is 0 Å². The topological polar surface area (TPSA) is 44.4 Å². The van der Waals surface area contributed by atoms with Crippen molar-refractivity contribution in [3.05, 3.63) is 0 Å². The maximum atomic E-state index is 11.8. The molecule has 0 bridgehead atoms.